The molecule has 2 aromatic carbocycles. The van der Waals surface area contributed by atoms with Crippen molar-refractivity contribution in [2.75, 3.05) is 31.1 Å². The van der Waals surface area contributed by atoms with Crippen LogP contribution in [0.25, 0.3) is 0 Å². The van der Waals surface area contributed by atoms with Gasteiger partial charge in [-0.15, -0.1) is 0 Å². The average Bonchev–Trinajstić information content (AvgIpc) is 3.31. The van der Waals surface area contributed by atoms with E-state index in [1.54, 1.807) is 0 Å². The smallest absolute Gasteiger partial charge is 0.230 e. The minimum absolute atomic E-state index is 0.154. The number of rotatable bonds is 6. The lowest BCUT2D eigenvalue weighted by Crippen LogP contribution is -2.30. The highest BCUT2D eigenvalue weighted by Gasteiger charge is 2.27. The fourth-order valence-electron chi connectivity index (χ4n) is 4.50. The molecule has 4 nitrogen and oxygen atoms in total. The van der Waals surface area contributed by atoms with E-state index in [0.29, 0.717) is 13.0 Å². The molecular weight excluding hydrogens is 348 g/mol. The maximum absolute atomic E-state index is 12.8. The van der Waals surface area contributed by atoms with Gasteiger partial charge in [0.25, 0.3) is 0 Å². The summed E-state index contributed by atoms with van der Waals surface area (Å²) in [5, 5.41) is 0. The van der Waals surface area contributed by atoms with E-state index in [4.69, 9.17) is 4.74 Å². The van der Waals surface area contributed by atoms with Gasteiger partial charge in [-0.25, -0.2) is 0 Å². The van der Waals surface area contributed by atoms with Crippen LogP contribution in [0.2, 0.25) is 0 Å². The van der Waals surface area contributed by atoms with E-state index >= 15 is 0 Å². The lowest BCUT2D eigenvalue weighted by atomic mass is 10.0. The zero-order chi connectivity index (χ0) is 19.5. The Morgan fingerprint density at radius 2 is 1.79 bits per heavy atom. The molecule has 1 fully saturated rings. The fraction of sp³-hybridized carbons (Fsp3) is 0.458. The van der Waals surface area contributed by atoms with Crippen molar-refractivity contribution in [1.29, 1.82) is 0 Å². The van der Waals surface area contributed by atoms with E-state index in [0.717, 1.165) is 30.9 Å². The SMILES string of the molecule is Cc1cc(C)cc(OCCC(=O)N2CCc3c(CN4CCCC4)cccc32)c1. The normalized spacial score (nSPS) is 16.4. The summed E-state index contributed by atoms with van der Waals surface area (Å²) in [5.41, 5.74) is 6.22. The Kier molecular flexibility index (Phi) is 5.67. The Morgan fingerprint density at radius 1 is 1.04 bits per heavy atom. The monoisotopic (exact) mass is 378 g/mol. The van der Waals surface area contributed by atoms with E-state index in [9.17, 15) is 4.79 Å². The first kappa shape index (κ1) is 19.0. The first-order valence-electron chi connectivity index (χ1n) is 10.4. The predicted molar refractivity (Wildman–Crippen MR) is 113 cm³/mol. The molecule has 0 aliphatic carbocycles. The van der Waals surface area contributed by atoms with Gasteiger partial charge in [0.15, 0.2) is 0 Å². The molecule has 1 amide bonds. The van der Waals surface area contributed by atoms with Crippen LogP contribution < -0.4 is 9.64 Å². The molecule has 2 aromatic rings. The van der Waals surface area contributed by atoms with Gasteiger partial charge in [-0.1, -0.05) is 18.2 Å². The quantitative estimate of drug-likeness (QED) is 0.753. The van der Waals surface area contributed by atoms with Crippen molar-refractivity contribution in [2.24, 2.45) is 0 Å². The van der Waals surface area contributed by atoms with E-state index in [1.165, 1.54) is 48.2 Å². The second kappa shape index (κ2) is 8.36. The fourth-order valence-corrected chi connectivity index (χ4v) is 4.50. The zero-order valence-corrected chi connectivity index (χ0v) is 17.0. The van der Waals surface area contributed by atoms with Crippen molar-refractivity contribution >= 4 is 11.6 Å². The minimum Gasteiger partial charge on any atom is -0.493 e. The molecule has 0 atom stereocenters. The molecule has 148 valence electrons. The summed E-state index contributed by atoms with van der Waals surface area (Å²) < 4.78 is 5.84. The molecule has 4 heteroatoms. The molecule has 0 aromatic heterocycles. The van der Waals surface area contributed by atoms with Crippen molar-refractivity contribution in [1.82, 2.24) is 4.90 Å². The number of benzene rings is 2. The van der Waals surface area contributed by atoms with Crippen LogP contribution in [0.1, 0.15) is 41.5 Å². The highest BCUT2D eigenvalue weighted by molar-refractivity contribution is 5.95. The molecule has 0 radical (unpaired) electrons. The number of carbonyl (C=O) groups excluding carboxylic acids is 1. The second-order valence-electron chi connectivity index (χ2n) is 8.12. The molecule has 1 saturated heterocycles. The van der Waals surface area contributed by atoms with Crippen LogP contribution in [-0.2, 0) is 17.8 Å². The third kappa shape index (κ3) is 4.22. The first-order valence-corrected chi connectivity index (χ1v) is 10.4. The summed E-state index contributed by atoms with van der Waals surface area (Å²) in [7, 11) is 0. The largest absolute Gasteiger partial charge is 0.493 e. The lowest BCUT2D eigenvalue weighted by molar-refractivity contribution is -0.119. The van der Waals surface area contributed by atoms with Crippen LogP contribution in [0, 0.1) is 13.8 Å². The van der Waals surface area contributed by atoms with E-state index in [2.05, 4.69) is 43.0 Å². The number of fused-ring (bicyclic) bond motifs is 1. The van der Waals surface area contributed by atoms with Crippen molar-refractivity contribution in [3.63, 3.8) is 0 Å². The number of amides is 1. The van der Waals surface area contributed by atoms with E-state index < -0.39 is 0 Å². The summed E-state index contributed by atoms with van der Waals surface area (Å²) in [6, 6.07) is 12.6. The van der Waals surface area contributed by atoms with Crippen LogP contribution in [0.15, 0.2) is 36.4 Å². The molecule has 0 unspecified atom stereocenters. The van der Waals surface area contributed by atoms with Crippen molar-refractivity contribution < 1.29 is 9.53 Å². The topological polar surface area (TPSA) is 32.8 Å². The number of hydrogen-bond acceptors (Lipinski definition) is 3. The summed E-state index contributed by atoms with van der Waals surface area (Å²) >= 11 is 0. The van der Waals surface area contributed by atoms with Crippen LogP contribution >= 0.6 is 0 Å². The Morgan fingerprint density at radius 3 is 2.54 bits per heavy atom. The van der Waals surface area contributed by atoms with Gasteiger partial charge in [0.1, 0.15) is 5.75 Å². The third-order valence-corrected chi connectivity index (χ3v) is 5.80. The second-order valence-corrected chi connectivity index (χ2v) is 8.12. The Bertz CT molecular complexity index is 835. The maximum atomic E-state index is 12.8. The zero-order valence-electron chi connectivity index (χ0n) is 17.0. The minimum atomic E-state index is 0.154. The number of ether oxygens (including phenoxy) is 1. The van der Waals surface area contributed by atoms with Gasteiger partial charge in [-0.3, -0.25) is 9.69 Å². The van der Waals surface area contributed by atoms with Gasteiger partial charge in [0, 0.05) is 18.8 Å². The van der Waals surface area contributed by atoms with Gasteiger partial charge >= 0.3 is 0 Å². The van der Waals surface area contributed by atoms with Crippen LogP contribution in [-0.4, -0.2) is 37.0 Å². The highest BCUT2D eigenvalue weighted by atomic mass is 16.5. The van der Waals surface area contributed by atoms with Gasteiger partial charge in [-0.05, 0) is 86.7 Å². The highest BCUT2D eigenvalue weighted by Crippen LogP contribution is 2.32. The Balaban J connectivity index is 1.37. The summed E-state index contributed by atoms with van der Waals surface area (Å²) in [6.45, 7) is 8.73. The van der Waals surface area contributed by atoms with E-state index in [-0.39, 0.29) is 5.91 Å². The number of aryl methyl sites for hydroxylation is 2. The van der Waals surface area contributed by atoms with Gasteiger partial charge in [-0.2, -0.15) is 0 Å². The van der Waals surface area contributed by atoms with Crippen LogP contribution in [0.3, 0.4) is 0 Å². The summed E-state index contributed by atoms with van der Waals surface area (Å²) in [6.07, 6.45) is 3.98. The van der Waals surface area contributed by atoms with Gasteiger partial charge < -0.3 is 9.64 Å². The van der Waals surface area contributed by atoms with Crippen molar-refractivity contribution in [2.45, 2.75) is 46.1 Å². The van der Waals surface area contributed by atoms with E-state index in [1.807, 2.05) is 17.0 Å². The standard InChI is InChI=1S/C24H30N2O2/c1-18-14-19(2)16-21(15-18)28-13-9-24(27)26-12-8-22-20(6-5-7-23(22)26)17-25-10-3-4-11-25/h5-7,14-16H,3-4,8-13,17H2,1-2H3. The maximum Gasteiger partial charge on any atom is 0.230 e. The molecular formula is C24H30N2O2. The van der Waals surface area contributed by atoms with Gasteiger partial charge in [0.2, 0.25) is 5.91 Å². The molecule has 2 aliphatic rings. The van der Waals surface area contributed by atoms with Crippen LogP contribution in [0.4, 0.5) is 5.69 Å². The van der Waals surface area contributed by atoms with Gasteiger partial charge in [0.05, 0.1) is 13.0 Å². The summed E-state index contributed by atoms with van der Waals surface area (Å²) in [4.78, 5) is 17.3. The molecule has 2 heterocycles. The molecule has 0 saturated carbocycles. The van der Waals surface area contributed by atoms with Crippen LogP contribution in [0.5, 0.6) is 5.75 Å². The number of hydrogen-bond donors (Lipinski definition) is 0. The Labute approximate surface area is 168 Å². The molecule has 2 aliphatic heterocycles. The predicted octanol–water partition coefficient (Wildman–Crippen LogP) is 4.26. The number of nitrogens with zero attached hydrogens (tertiary/aromatic N) is 2. The molecule has 0 bridgehead atoms. The number of carbonyl (C=O) groups is 1. The Hall–Kier alpha value is -2.33. The molecule has 28 heavy (non-hydrogen) atoms. The average molecular weight is 379 g/mol. The first-order chi connectivity index (χ1) is 13.6. The van der Waals surface area contributed by atoms with Crippen molar-refractivity contribution in [3.8, 4) is 5.75 Å². The molecule has 0 N–H and O–H groups in total. The summed E-state index contributed by atoms with van der Waals surface area (Å²) in [5.74, 6) is 1.00. The lowest BCUT2D eigenvalue weighted by Gasteiger charge is -2.20. The number of anilines is 1. The van der Waals surface area contributed by atoms with Crippen molar-refractivity contribution in [3.05, 3.63) is 58.7 Å². The molecule has 0 spiro atoms. The third-order valence-electron chi connectivity index (χ3n) is 5.80. The number of likely N-dealkylation sites (tertiary alicyclic amines) is 1. The molecule has 4 rings (SSSR count).